The maximum absolute atomic E-state index is 13.6. The van der Waals surface area contributed by atoms with Gasteiger partial charge < -0.3 is 21.5 Å². The van der Waals surface area contributed by atoms with Gasteiger partial charge in [0.05, 0.1) is 5.69 Å². The van der Waals surface area contributed by atoms with Crippen LogP contribution in [0.1, 0.15) is 19.8 Å². The Morgan fingerprint density at radius 3 is 2.53 bits per heavy atom. The van der Waals surface area contributed by atoms with Crippen LogP contribution in [0.25, 0.3) is 16.9 Å². The first-order valence-electron chi connectivity index (χ1n) is 12.1. The molecule has 38 heavy (non-hydrogen) atoms. The van der Waals surface area contributed by atoms with E-state index in [0.29, 0.717) is 28.4 Å². The monoisotopic (exact) mass is 510 g/mol. The van der Waals surface area contributed by atoms with Crippen LogP contribution >= 0.6 is 0 Å². The number of nitrogens with one attached hydrogen (secondary N) is 1. The summed E-state index contributed by atoms with van der Waals surface area (Å²) in [6.07, 6.45) is 4.25. The van der Waals surface area contributed by atoms with E-state index in [0.717, 1.165) is 12.8 Å². The first-order valence-corrected chi connectivity index (χ1v) is 12.1. The lowest BCUT2D eigenvalue weighted by molar-refractivity contribution is -0.117. The van der Waals surface area contributed by atoms with Crippen molar-refractivity contribution in [2.45, 2.75) is 37.9 Å². The third kappa shape index (κ3) is 4.98. The minimum Gasteiger partial charge on any atom is -0.457 e. The molecule has 0 spiro atoms. The number of carbonyl (C=O) groups excluding carboxylic acids is 1. The van der Waals surface area contributed by atoms with Crippen molar-refractivity contribution < 1.29 is 9.53 Å². The van der Waals surface area contributed by atoms with Crippen LogP contribution in [-0.4, -0.2) is 36.6 Å². The highest BCUT2D eigenvalue weighted by atomic mass is 16.5. The summed E-state index contributed by atoms with van der Waals surface area (Å²) in [5.74, 6) is 0.885. The van der Waals surface area contributed by atoms with E-state index in [1.807, 2.05) is 36.4 Å². The standard InChI is InChI=1S/C27H26N8O3/c1-17(33-25(36)18(14-28)13-27(30)11-12-27)15-34-24-22(23(29)31-16-32-24)35(26(34)37)19-7-9-21(10-8-19)38-20-5-3-2-4-6-20/h2-10,13,16-17H,11-12,15,30H2,1H3,(H,33,36)(H2,29,31,32)/b18-13-/t17-/m0/s1. The van der Waals surface area contributed by atoms with Crippen LogP contribution in [0.3, 0.4) is 0 Å². The number of amides is 1. The van der Waals surface area contributed by atoms with E-state index in [9.17, 15) is 14.9 Å². The zero-order valence-electron chi connectivity index (χ0n) is 20.7. The van der Waals surface area contributed by atoms with Gasteiger partial charge in [0.1, 0.15) is 35.0 Å². The Morgan fingerprint density at radius 1 is 1.18 bits per heavy atom. The molecule has 1 atom stereocenters. The molecule has 0 aliphatic heterocycles. The summed E-state index contributed by atoms with van der Waals surface area (Å²) in [6.45, 7) is 1.82. The van der Waals surface area contributed by atoms with E-state index in [4.69, 9.17) is 16.2 Å². The second-order valence-electron chi connectivity index (χ2n) is 9.35. The molecular weight excluding hydrogens is 484 g/mol. The molecule has 11 nitrogen and oxygen atoms in total. The molecule has 1 saturated carbocycles. The summed E-state index contributed by atoms with van der Waals surface area (Å²) < 4.78 is 8.70. The van der Waals surface area contributed by atoms with Crippen molar-refractivity contribution in [2.75, 3.05) is 5.73 Å². The quantitative estimate of drug-likeness (QED) is 0.240. The number of nitriles is 1. The molecule has 2 aromatic heterocycles. The van der Waals surface area contributed by atoms with Gasteiger partial charge in [-0.3, -0.25) is 13.9 Å². The minimum absolute atomic E-state index is 0.0454. The Hall–Kier alpha value is -4.95. The van der Waals surface area contributed by atoms with Crippen molar-refractivity contribution >= 4 is 22.9 Å². The highest BCUT2D eigenvalue weighted by Crippen LogP contribution is 2.34. The first kappa shape index (κ1) is 24.7. The number of nitrogen functional groups attached to an aromatic ring is 1. The van der Waals surface area contributed by atoms with Crippen LogP contribution in [0.5, 0.6) is 11.5 Å². The summed E-state index contributed by atoms with van der Waals surface area (Å²) in [5.41, 5.74) is 12.4. The first-order chi connectivity index (χ1) is 18.3. The SMILES string of the molecule is C[C@@H](Cn1c(=O)n(-c2ccc(Oc3ccccc3)cc2)c2c(N)ncnc21)NC(=O)/C(C#N)=C\C1(N)CC1. The molecule has 0 radical (unpaired) electrons. The van der Waals surface area contributed by atoms with E-state index >= 15 is 0 Å². The summed E-state index contributed by atoms with van der Waals surface area (Å²) in [4.78, 5) is 34.6. The molecule has 192 valence electrons. The molecule has 5 N–H and O–H groups in total. The predicted molar refractivity (Wildman–Crippen MR) is 142 cm³/mol. The van der Waals surface area contributed by atoms with E-state index in [2.05, 4.69) is 15.3 Å². The molecule has 0 saturated heterocycles. The molecule has 2 aromatic carbocycles. The number of nitrogens with zero attached hydrogens (tertiary/aromatic N) is 5. The number of hydrogen-bond donors (Lipinski definition) is 3. The zero-order chi connectivity index (χ0) is 26.9. The number of anilines is 1. The van der Waals surface area contributed by atoms with Gasteiger partial charge in [-0.25, -0.2) is 14.8 Å². The molecule has 0 unspecified atom stereocenters. The van der Waals surface area contributed by atoms with Gasteiger partial charge in [-0.05, 0) is 62.2 Å². The molecule has 1 fully saturated rings. The van der Waals surface area contributed by atoms with Gasteiger partial charge in [0.25, 0.3) is 5.91 Å². The lowest BCUT2D eigenvalue weighted by atomic mass is 10.1. The van der Waals surface area contributed by atoms with E-state index < -0.39 is 23.2 Å². The largest absolute Gasteiger partial charge is 0.457 e. The van der Waals surface area contributed by atoms with E-state index in [1.54, 1.807) is 31.2 Å². The smallest absolute Gasteiger partial charge is 0.335 e. The Kier molecular flexibility index (Phi) is 6.40. The van der Waals surface area contributed by atoms with Crippen molar-refractivity contribution in [1.29, 1.82) is 5.26 Å². The normalized spacial score (nSPS) is 15.0. The van der Waals surface area contributed by atoms with Gasteiger partial charge in [-0.2, -0.15) is 5.26 Å². The highest BCUT2D eigenvalue weighted by molar-refractivity contribution is 5.97. The minimum atomic E-state index is -0.591. The number of nitrogens with two attached hydrogens (primary N) is 2. The average Bonchev–Trinajstić information content (AvgIpc) is 3.58. The Bertz CT molecular complexity index is 1630. The fourth-order valence-electron chi connectivity index (χ4n) is 4.14. The summed E-state index contributed by atoms with van der Waals surface area (Å²) in [6, 6.07) is 17.7. The number of carbonyl (C=O) groups is 1. The molecule has 1 aliphatic carbocycles. The molecule has 1 amide bonds. The third-order valence-corrected chi connectivity index (χ3v) is 6.26. The molecule has 11 heteroatoms. The zero-order valence-corrected chi connectivity index (χ0v) is 20.7. The number of para-hydroxylation sites is 1. The van der Waals surface area contributed by atoms with Gasteiger partial charge in [0.15, 0.2) is 11.5 Å². The average molecular weight is 511 g/mol. The number of benzene rings is 2. The summed E-state index contributed by atoms with van der Waals surface area (Å²) in [7, 11) is 0. The van der Waals surface area contributed by atoms with Crippen LogP contribution in [0.15, 0.2) is 77.4 Å². The van der Waals surface area contributed by atoms with Crippen LogP contribution in [0.2, 0.25) is 0 Å². The van der Waals surface area contributed by atoms with Crippen molar-refractivity contribution in [3.63, 3.8) is 0 Å². The van der Waals surface area contributed by atoms with Gasteiger partial charge in [0.2, 0.25) is 0 Å². The number of aromatic nitrogens is 4. The van der Waals surface area contributed by atoms with Crippen molar-refractivity contribution in [3.8, 4) is 23.3 Å². The summed E-state index contributed by atoms with van der Waals surface area (Å²) >= 11 is 0. The van der Waals surface area contributed by atoms with Crippen LogP contribution < -0.4 is 27.2 Å². The van der Waals surface area contributed by atoms with Gasteiger partial charge >= 0.3 is 5.69 Å². The van der Waals surface area contributed by atoms with Gasteiger partial charge in [-0.15, -0.1) is 0 Å². The lowest BCUT2D eigenvalue weighted by Gasteiger charge is -2.14. The number of hydrogen-bond acceptors (Lipinski definition) is 8. The second kappa shape index (κ2) is 9.84. The number of fused-ring (bicyclic) bond motifs is 1. The lowest BCUT2D eigenvalue weighted by Crippen LogP contribution is -2.39. The van der Waals surface area contributed by atoms with Crippen LogP contribution in [-0.2, 0) is 11.3 Å². The Morgan fingerprint density at radius 2 is 1.87 bits per heavy atom. The Labute approximate surface area is 218 Å². The van der Waals surface area contributed by atoms with Crippen LogP contribution in [0.4, 0.5) is 5.82 Å². The van der Waals surface area contributed by atoms with E-state index in [1.165, 1.54) is 21.5 Å². The second-order valence-corrected chi connectivity index (χ2v) is 9.35. The van der Waals surface area contributed by atoms with E-state index in [-0.39, 0.29) is 17.9 Å². The maximum Gasteiger partial charge on any atom is 0.335 e. The topological polar surface area (TPSA) is 167 Å². The number of rotatable bonds is 8. The highest BCUT2D eigenvalue weighted by Gasteiger charge is 2.37. The molecule has 1 aliphatic rings. The molecule has 5 rings (SSSR count). The predicted octanol–water partition coefficient (Wildman–Crippen LogP) is 2.40. The van der Waals surface area contributed by atoms with Crippen molar-refractivity contribution in [1.82, 2.24) is 24.4 Å². The van der Waals surface area contributed by atoms with Crippen molar-refractivity contribution in [3.05, 3.63) is 83.1 Å². The molecule has 4 aromatic rings. The number of ether oxygens (including phenoxy) is 1. The fraction of sp³-hybridized carbons (Fsp3) is 0.222. The fourth-order valence-corrected chi connectivity index (χ4v) is 4.14. The van der Waals surface area contributed by atoms with Crippen LogP contribution in [0, 0.1) is 11.3 Å². The molecule has 0 bridgehead atoms. The van der Waals surface area contributed by atoms with Gasteiger partial charge in [-0.1, -0.05) is 18.2 Å². The van der Waals surface area contributed by atoms with Gasteiger partial charge in [0, 0.05) is 18.1 Å². The Balaban J connectivity index is 1.43. The third-order valence-electron chi connectivity index (χ3n) is 6.26. The van der Waals surface area contributed by atoms with Crippen molar-refractivity contribution in [2.24, 2.45) is 5.73 Å². The maximum atomic E-state index is 13.6. The molecular formula is C27H26N8O3. The summed E-state index contributed by atoms with van der Waals surface area (Å²) in [5, 5.41) is 12.2. The number of imidazole rings is 1. The molecule has 2 heterocycles.